The first-order valence-electron chi connectivity index (χ1n) is 5.95. The van der Waals surface area contributed by atoms with Crippen LogP contribution in [-0.4, -0.2) is 35.4 Å². The van der Waals surface area contributed by atoms with Gasteiger partial charge in [-0.05, 0) is 6.92 Å². The van der Waals surface area contributed by atoms with Crippen molar-refractivity contribution in [1.82, 2.24) is 20.5 Å². The Kier molecular flexibility index (Phi) is 5.25. The summed E-state index contributed by atoms with van der Waals surface area (Å²) in [6, 6.07) is 0.426. The highest BCUT2D eigenvalue weighted by molar-refractivity contribution is 7.11. The molecular weight excluding hydrogens is 266 g/mol. The van der Waals surface area contributed by atoms with Gasteiger partial charge in [-0.1, -0.05) is 5.10 Å². The van der Waals surface area contributed by atoms with Gasteiger partial charge in [-0.15, -0.1) is 16.4 Å². The van der Waals surface area contributed by atoms with Gasteiger partial charge in [0.2, 0.25) is 5.89 Å². The zero-order valence-corrected chi connectivity index (χ0v) is 11.8. The number of aromatic nitrogens is 3. The second-order valence-electron chi connectivity index (χ2n) is 3.87. The lowest BCUT2D eigenvalue weighted by atomic mass is 10.5. The number of thiazole rings is 1. The van der Waals surface area contributed by atoms with Gasteiger partial charge < -0.3 is 19.8 Å². The number of nitrogens with zero attached hydrogens (tertiary/aromatic N) is 3. The molecule has 0 aromatic carbocycles. The molecule has 0 amide bonds. The molecule has 2 aromatic rings. The smallest absolute Gasteiger partial charge is 0.315 e. The van der Waals surface area contributed by atoms with Gasteiger partial charge in [-0.2, -0.15) is 0 Å². The molecule has 19 heavy (non-hydrogen) atoms. The minimum absolute atomic E-state index is 0.426. The number of ether oxygens (including phenoxy) is 1. The number of aryl methyl sites for hydroxylation is 1. The molecule has 0 spiro atoms. The second-order valence-corrected chi connectivity index (χ2v) is 5.19. The zero-order valence-electron chi connectivity index (χ0n) is 11.0. The van der Waals surface area contributed by atoms with E-state index in [-0.39, 0.29) is 0 Å². The SMILES string of the molecule is COCCNCc1nnc(NCc2cnc(C)s2)o1. The van der Waals surface area contributed by atoms with Gasteiger partial charge in [0.15, 0.2) is 0 Å². The van der Waals surface area contributed by atoms with Gasteiger partial charge in [0.25, 0.3) is 0 Å². The maximum absolute atomic E-state index is 5.44. The quantitative estimate of drug-likeness (QED) is 0.704. The molecule has 0 aliphatic rings. The van der Waals surface area contributed by atoms with E-state index in [2.05, 4.69) is 25.8 Å². The van der Waals surface area contributed by atoms with E-state index in [1.165, 1.54) is 0 Å². The lowest BCUT2D eigenvalue weighted by molar-refractivity contribution is 0.198. The normalized spacial score (nSPS) is 10.8. The van der Waals surface area contributed by atoms with Gasteiger partial charge in [-0.25, -0.2) is 4.98 Å². The van der Waals surface area contributed by atoms with Crippen LogP contribution in [0.1, 0.15) is 15.8 Å². The van der Waals surface area contributed by atoms with Crippen molar-refractivity contribution in [2.45, 2.75) is 20.0 Å². The van der Waals surface area contributed by atoms with Gasteiger partial charge in [-0.3, -0.25) is 0 Å². The Labute approximate surface area is 115 Å². The van der Waals surface area contributed by atoms with Crippen LogP contribution < -0.4 is 10.6 Å². The van der Waals surface area contributed by atoms with Crippen molar-refractivity contribution in [1.29, 1.82) is 0 Å². The Balaban J connectivity index is 1.74. The zero-order chi connectivity index (χ0) is 13.5. The first kappa shape index (κ1) is 13.9. The number of rotatable bonds is 8. The fourth-order valence-electron chi connectivity index (χ4n) is 1.42. The minimum atomic E-state index is 0.426. The van der Waals surface area contributed by atoms with Crippen molar-refractivity contribution in [3.63, 3.8) is 0 Å². The molecule has 2 rings (SSSR count). The highest BCUT2D eigenvalue weighted by atomic mass is 32.1. The molecule has 2 heterocycles. The first-order chi connectivity index (χ1) is 9.28. The van der Waals surface area contributed by atoms with E-state index in [9.17, 15) is 0 Å². The third kappa shape index (κ3) is 4.58. The summed E-state index contributed by atoms with van der Waals surface area (Å²) in [7, 11) is 1.66. The molecule has 0 fully saturated rings. The highest BCUT2D eigenvalue weighted by Crippen LogP contribution is 2.13. The molecule has 7 nitrogen and oxygen atoms in total. The lowest BCUT2D eigenvalue weighted by Crippen LogP contribution is -2.18. The van der Waals surface area contributed by atoms with Crippen LogP contribution in [0.25, 0.3) is 0 Å². The van der Waals surface area contributed by atoms with E-state index in [0.717, 1.165) is 16.4 Å². The predicted molar refractivity (Wildman–Crippen MR) is 72.1 cm³/mol. The Morgan fingerprint density at radius 2 is 2.26 bits per heavy atom. The van der Waals surface area contributed by atoms with E-state index in [0.29, 0.717) is 31.6 Å². The molecule has 0 aliphatic heterocycles. The van der Waals surface area contributed by atoms with E-state index in [1.807, 2.05) is 13.1 Å². The summed E-state index contributed by atoms with van der Waals surface area (Å²) in [6.07, 6.45) is 1.84. The topological polar surface area (TPSA) is 85.1 Å². The Hall–Kier alpha value is -1.51. The molecule has 0 atom stereocenters. The lowest BCUT2D eigenvalue weighted by Gasteiger charge is -1.99. The number of anilines is 1. The Morgan fingerprint density at radius 3 is 3.00 bits per heavy atom. The number of methoxy groups -OCH3 is 1. The molecule has 2 N–H and O–H groups in total. The van der Waals surface area contributed by atoms with E-state index >= 15 is 0 Å². The maximum atomic E-state index is 5.44. The summed E-state index contributed by atoms with van der Waals surface area (Å²) in [4.78, 5) is 5.32. The summed E-state index contributed by atoms with van der Waals surface area (Å²) in [5.74, 6) is 0.555. The predicted octanol–water partition coefficient (Wildman–Crippen LogP) is 1.18. The van der Waals surface area contributed by atoms with Crippen molar-refractivity contribution in [2.75, 3.05) is 25.6 Å². The summed E-state index contributed by atoms with van der Waals surface area (Å²) < 4.78 is 10.4. The van der Waals surface area contributed by atoms with Gasteiger partial charge in [0.1, 0.15) is 0 Å². The Morgan fingerprint density at radius 1 is 1.37 bits per heavy atom. The van der Waals surface area contributed by atoms with E-state index in [1.54, 1.807) is 18.4 Å². The highest BCUT2D eigenvalue weighted by Gasteiger charge is 2.06. The fourth-order valence-corrected chi connectivity index (χ4v) is 2.15. The molecule has 0 bridgehead atoms. The molecule has 0 saturated heterocycles. The van der Waals surface area contributed by atoms with Crippen LogP contribution in [0.2, 0.25) is 0 Å². The van der Waals surface area contributed by atoms with Crippen LogP contribution in [0.15, 0.2) is 10.6 Å². The molecule has 8 heteroatoms. The summed E-state index contributed by atoms with van der Waals surface area (Å²) >= 11 is 1.64. The van der Waals surface area contributed by atoms with Gasteiger partial charge in [0.05, 0.1) is 24.7 Å². The standard InChI is InChI=1S/C11H17N5O2S/c1-8-13-5-9(19-8)6-14-11-16-15-10(18-11)7-12-3-4-17-2/h5,12H,3-4,6-7H2,1-2H3,(H,14,16). The fraction of sp³-hybridized carbons (Fsp3) is 0.545. The molecule has 104 valence electrons. The van der Waals surface area contributed by atoms with Crippen molar-refractivity contribution in [3.05, 3.63) is 22.0 Å². The van der Waals surface area contributed by atoms with Crippen LogP contribution in [0.3, 0.4) is 0 Å². The van der Waals surface area contributed by atoms with Gasteiger partial charge >= 0.3 is 6.01 Å². The molecule has 0 unspecified atom stereocenters. The monoisotopic (exact) mass is 283 g/mol. The van der Waals surface area contributed by atoms with Crippen LogP contribution in [-0.2, 0) is 17.8 Å². The third-order valence-corrected chi connectivity index (χ3v) is 3.22. The van der Waals surface area contributed by atoms with Crippen LogP contribution in [0, 0.1) is 6.92 Å². The average molecular weight is 283 g/mol. The summed E-state index contributed by atoms with van der Waals surface area (Å²) in [6.45, 7) is 4.57. The number of nitrogens with one attached hydrogen (secondary N) is 2. The third-order valence-electron chi connectivity index (χ3n) is 2.31. The summed E-state index contributed by atoms with van der Waals surface area (Å²) in [5.41, 5.74) is 0. The van der Waals surface area contributed by atoms with E-state index in [4.69, 9.17) is 9.15 Å². The Bertz CT molecular complexity index is 499. The number of hydrogen-bond acceptors (Lipinski definition) is 8. The van der Waals surface area contributed by atoms with Crippen molar-refractivity contribution in [3.8, 4) is 0 Å². The van der Waals surface area contributed by atoms with Crippen molar-refractivity contribution < 1.29 is 9.15 Å². The number of hydrogen-bond donors (Lipinski definition) is 2. The largest absolute Gasteiger partial charge is 0.407 e. The van der Waals surface area contributed by atoms with E-state index < -0.39 is 0 Å². The molecule has 0 aliphatic carbocycles. The molecule has 2 aromatic heterocycles. The van der Waals surface area contributed by atoms with Crippen molar-refractivity contribution >= 4 is 17.4 Å². The van der Waals surface area contributed by atoms with Gasteiger partial charge in [0, 0.05) is 24.7 Å². The molecular formula is C11H17N5O2S. The van der Waals surface area contributed by atoms with Crippen LogP contribution in [0.5, 0.6) is 0 Å². The summed E-state index contributed by atoms with van der Waals surface area (Å²) in [5, 5.41) is 15.1. The van der Waals surface area contributed by atoms with Crippen LogP contribution in [0.4, 0.5) is 6.01 Å². The average Bonchev–Trinajstić information content (AvgIpc) is 3.01. The van der Waals surface area contributed by atoms with Crippen molar-refractivity contribution in [2.24, 2.45) is 0 Å². The maximum Gasteiger partial charge on any atom is 0.315 e. The molecule has 0 saturated carbocycles. The second kappa shape index (κ2) is 7.17. The van der Waals surface area contributed by atoms with Crippen LogP contribution >= 0.6 is 11.3 Å². The first-order valence-corrected chi connectivity index (χ1v) is 6.77. The molecule has 0 radical (unpaired) electrons. The minimum Gasteiger partial charge on any atom is -0.407 e.